The van der Waals surface area contributed by atoms with E-state index in [1.807, 2.05) is 43.3 Å². The molecule has 2 rings (SSSR count). The van der Waals surface area contributed by atoms with Crippen LogP contribution in [0.15, 0.2) is 65.7 Å². The van der Waals surface area contributed by atoms with Gasteiger partial charge in [-0.1, -0.05) is 60.7 Å². The molecule has 0 radical (unpaired) electrons. The number of carbonyl (C=O) groups excluding carboxylic acids is 1. The van der Waals surface area contributed by atoms with E-state index in [0.717, 1.165) is 37.5 Å². The van der Waals surface area contributed by atoms with Crippen LogP contribution < -0.4 is 16.0 Å². The van der Waals surface area contributed by atoms with Crippen LogP contribution >= 0.6 is 24.0 Å². The van der Waals surface area contributed by atoms with E-state index in [2.05, 4.69) is 45.2 Å². The summed E-state index contributed by atoms with van der Waals surface area (Å²) < 4.78 is 0. The van der Waals surface area contributed by atoms with Crippen molar-refractivity contribution >= 4 is 35.8 Å². The summed E-state index contributed by atoms with van der Waals surface area (Å²) in [6, 6.07) is 20.4. The number of guanidine groups is 1. The molecule has 3 N–H and O–H groups in total. The molecule has 0 aromatic heterocycles. The Morgan fingerprint density at radius 1 is 0.893 bits per heavy atom. The molecule has 28 heavy (non-hydrogen) atoms. The third kappa shape index (κ3) is 10.3. The summed E-state index contributed by atoms with van der Waals surface area (Å²) in [5.74, 6) is 0.799. The summed E-state index contributed by atoms with van der Waals surface area (Å²) in [4.78, 5) is 16.5. The average Bonchev–Trinajstić information content (AvgIpc) is 2.71. The van der Waals surface area contributed by atoms with Crippen LogP contribution in [0.2, 0.25) is 0 Å². The molecule has 0 spiro atoms. The van der Waals surface area contributed by atoms with Gasteiger partial charge in [-0.05, 0) is 30.9 Å². The Morgan fingerprint density at radius 2 is 1.54 bits per heavy atom. The Bertz CT molecular complexity index is 692. The first kappa shape index (κ1) is 23.9. The Balaban J connectivity index is 0.00000392. The number of nitrogens with zero attached hydrogens (tertiary/aromatic N) is 1. The molecule has 0 aliphatic heterocycles. The minimum Gasteiger partial charge on any atom is -0.357 e. The number of nitrogens with one attached hydrogen (secondary N) is 3. The number of halogens is 1. The second kappa shape index (κ2) is 14.9. The average molecular weight is 494 g/mol. The topological polar surface area (TPSA) is 65.5 Å². The van der Waals surface area contributed by atoms with Crippen molar-refractivity contribution in [2.75, 3.05) is 19.6 Å². The standard InChI is InChI=1S/C22H30N4O.HI/c1-2-23-22(24-16-9-14-19-10-5-3-6-11-19)25-17-15-21(27)26-18-20-12-7-4-8-13-20;/h3-8,10-13H,2,9,14-18H2,1H3,(H,26,27)(H2,23,24,25);1H. The van der Waals surface area contributed by atoms with Crippen molar-refractivity contribution < 1.29 is 4.79 Å². The van der Waals surface area contributed by atoms with Gasteiger partial charge in [-0.25, -0.2) is 0 Å². The minimum atomic E-state index is 0. The Kier molecular flexibility index (Phi) is 12.7. The minimum absolute atomic E-state index is 0. The molecule has 0 saturated heterocycles. The Hall–Kier alpha value is -2.09. The molecule has 2 aromatic carbocycles. The summed E-state index contributed by atoms with van der Waals surface area (Å²) in [6.45, 7) is 4.71. The normalized spacial score (nSPS) is 10.7. The van der Waals surface area contributed by atoms with E-state index in [9.17, 15) is 4.79 Å². The summed E-state index contributed by atoms with van der Waals surface area (Å²) in [5, 5.41) is 9.38. The molecule has 0 aliphatic carbocycles. The number of hydrogen-bond acceptors (Lipinski definition) is 2. The number of amides is 1. The molecule has 2 aromatic rings. The van der Waals surface area contributed by atoms with Gasteiger partial charge in [0.15, 0.2) is 5.96 Å². The fraction of sp³-hybridized carbons (Fsp3) is 0.364. The first-order chi connectivity index (χ1) is 13.3. The molecule has 152 valence electrons. The van der Waals surface area contributed by atoms with Gasteiger partial charge in [0.05, 0.1) is 0 Å². The van der Waals surface area contributed by atoms with Gasteiger partial charge in [0, 0.05) is 32.6 Å². The largest absolute Gasteiger partial charge is 0.357 e. The number of carbonyl (C=O) groups is 1. The zero-order valence-electron chi connectivity index (χ0n) is 16.5. The van der Waals surface area contributed by atoms with E-state index in [1.165, 1.54) is 5.56 Å². The van der Waals surface area contributed by atoms with E-state index in [1.54, 1.807) is 0 Å². The summed E-state index contributed by atoms with van der Waals surface area (Å²) in [6.07, 6.45) is 2.44. The van der Waals surface area contributed by atoms with E-state index >= 15 is 0 Å². The van der Waals surface area contributed by atoms with Gasteiger partial charge in [0.1, 0.15) is 0 Å². The lowest BCUT2D eigenvalue weighted by Crippen LogP contribution is -2.39. The second-order valence-corrected chi connectivity index (χ2v) is 6.29. The molecule has 0 unspecified atom stereocenters. The van der Waals surface area contributed by atoms with Gasteiger partial charge in [-0.3, -0.25) is 9.79 Å². The smallest absolute Gasteiger partial charge is 0.222 e. The predicted octanol–water partition coefficient (Wildman–Crippen LogP) is 3.50. The number of hydrogen-bond donors (Lipinski definition) is 3. The Labute approximate surface area is 185 Å². The van der Waals surface area contributed by atoms with Crippen molar-refractivity contribution in [1.29, 1.82) is 0 Å². The number of aliphatic imine (C=N–C) groups is 1. The molecule has 0 saturated carbocycles. The summed E-state index contributed by atoms with van der Waals surface area (Å²) in [7, 11) is 0. The lowest BCUT2D eigenvalue weighted by atomic mass is 10.1. The lowest BCUT2D eigenvalue weighted by molar-refractivity contribution is -0.121. The van der Waals surface area contributed by atoms with Gasteiger partial charge in [0.25, 0.3) is 0 Å². The first-order valence-electron chi connectivity index (χ1n) is 9.64. The van der Waals surface area contributed by atoms with Crippen LogP contribution in [0.5, 0.6) is 0 Å². The van der Waals surface area contributed by atoms with Gasteiger partial charge in [-0.15, -0.1) is 24.0 Å². The second-order valence-electron chi connectivity index (χ2n) is 6.29. The van der Waals surface area contributed by atoms with Crippen molar-refractivity contribution in [3.8, 4) is 0 Å². The number of rotatable bonds is 10. The van der Waals surface area contributed by atoms with Crippen molar-refractivity contribution in [3.63, 3.8) is 0 Å². The third-order valence-electron chi connectivity index (χ3n) is 4.06. The molecule has 1 amide bonds. The van der Waals surface area contributed by atoms with Crippen LogP contribution in [0, 0.1) is 0 Å². The fourth-order valence-corrected chi connectivity index (χ4v) is 2.64. The van der Waals surface area contributed by atoms with Gasteiger partial charge < -0.3 is 16.0 Å². The molecular weight excluding hydrogens is 463 g/mol. The van der Waals surface area contributed by atoms with Crippen molar-refractivity contribution in [1.82, 2.24) is 16.0 Å². The monoisotopic (exact) mass is 494 g/mol. The van der Waals surface area contributed by atoms with E-state index in [4.69, 9.17) is 0 Å². The van der Waals surface area contributed by atoms with Crippen molar-refractivity contribution in [3.05, 3.63) is 71.8 Å². The Morgan fingerprint density at radius 3 is 2.18 bits per heavy atom. The van der Waals surface area contributed by atoms with E-state index in [-0.39, 0.29) is 29.9 Å². The van der Waals surface area contributed by atoms with Crippen LogP contribution in [0.4, 0.5) is 0 Å². The quantitative estimate of drug-likeness (QED) is 0.205. The zero-order chi connectivity index (χ0) is 19.2. The SMILES string of the molecule is CCNC(=NCCCc1ccccc1)NCCC(=O)NCc1ccccc1.I. The van der Waals surface area contributed by atoms with Crippen LogP contribution in [-0.2, 0) is 17.8 Å². The third-order valence-corrected chi connectivity index (χ3v) is 4.06. The molecular formula is C22H31IN4O. The molecule has 5 nitrogen and oxygen atoms in total. The van der Waals surface area contributed by atoms with E-state index in [0.29, 0.717) is 19.5 Å². The van der Waals surface area contributed by atoms with Crippen LogP contribution in [0.3, 0.4) is 0 Å². The van der Waals surface area contributed by atoms with E-state index < -0.39 is 0 Å². The van der Waals surface area contributed by atoms with Gasteiger partial charge in [0.2, 0.25) is 5.91 Å². The maximum Gasteiger partial charge on any atom is 0.222 e. The highest BCUT2D eigenvalue weighted by molar-refractivity contribution is 14.0. The molecule has 0 bridgehead atoms. The number of benzene rings is 2. The molecule has 6 heteroatoms. The summed E-state index contributed by atoms with van der Waals surface area (Å²) >= 11 is 0. The maximum atomic E-state index is 12.0. The first-order valence-corrected chi connectivity index (χ1v) is 9.64. The van der Waals surface area contributed by atoms with Crippen molar-refractivity contribution in [2.45, 2.75) is 32.7 Å². The number of aryl methyl sites for hydroxylation is 1. The summed E-state index contributed by atoms with van der Waals surface area (Å²) in [5.41, 5.74) is 2.44. The zero-order valence-corrected chi connectivity index (χ0v) is 18.8. The van der Waals surface area contributed by atoms with Gasteiger partial charge in [-0.2, -0.15) is 0 Å². The van der Waals surface area contributed by atoms with Crippen molar-refractivity contribution in [2.24, 2.45) is 4.99 Å². The predicted molar refractivity (Wildman–Crippen MR) is 127 cm³/mol. The fourth-order valence-electron chi connectivity index (χ4n) is 2.64. The highest BCUT2D eigenvalue weighted by Crippen LogP contribution is 2.02. The highest BCUT2D eigenvalue weighted by Gasteiger charge is 2.03. The molecule has 0 fully saturated rings. The molecule has 0 atom stereocenters. The molecule has 0 aliphatic rings. The maximum absolute atomic E-state index is 12.0. The van der Waals surface area contributed by atoms with Crippen LogP contribution in [-0.4, -0.2) is 31.5 Å². The van der Waals surface area contributed by atoms with Gasteiger partial charge >= 0.3 is 0 Å². The highest BCUT2D eigenvalue weighted by atomic mass is 127. The van der Waals surface area contributed by atoms with Crippen LogP contribution in [0.1, 0.15) is 30.9 Å². The molecule has 0 heterocycles. The lowest BCUT2D eigenvalue weighted by Gasteiger charge is -2.11. The van der Waals surface area contributed by atoms with Crippen LogP contribution in [0.25, 0.3) is 0 Å².